The normalized spacial score (nSPS) is 23.4. The second kappa shape index (κ2) is 13.3. The number of allylic oxidation sites excluding steroid dienone is 1. The van der Waals surface area contributed by atoms with Crippen molar-refractivity contribution in [3.05, 3.63) is 81.0 Å². The Labute approximate surface area is 268 Å². The van der Waals surface area contributed by atoms with Gasteiger partial charge < -0.3 is 24.8 Å². The molecule has 2 aromatic carbocycles. The van der Waals surface area contributed by atoms with Gasteiger partial charge in [0.1, 0.15) is 17.5 Å². The van der Waals surface area contributed by atoms with Crippen molar-refractivity contribution < 1.29 is 32.6 Å². The number of carbonyl (C=O) groups excluding carboxylic acids is 2. The summed E-state index contributed by atoms with van der Waals surface area (Å²) >= 11 is 13.0. The fourth-order valence-corrected chi connectivity index (χ4v) is 8.26. The summed E-state index contributed by atoms with van der Waals surface area (Å²) in [5.41, 5.74) is -1.51. The molecule has 0 bridgehead atoms. The summed E-state index contributed by atoms with van der Waals surface area (Å²) < 4.78 is 39.2. The largest absolute Gasteiger partial charge is 0.461 e. The molecule has 2 aliphatic rings. The van der Waals surface area contributed by atoms with Crippen molar-refractivity contribution in [2.75, 3.05) is 39.0 Å². The van der Waals surface area contributed by atoms with Crippen LogP contribution in [0.4, 0.5) is 4.79 Å². The van der Waals surface area contributed by atoms with Crippen LogP contribution in [0.25, 0.3) is 0 Å². The Hall–Kier alpha value is -2.83. The lowest BCUT2D eigenvalue weighted by Gasteiger charge is -2.46. The zero-order chi connectivity index (χ0) is 32.4. The van der Waals surface area contributed by atoms with E-state index in [-0.39, 0.29) is 40.0 Å². The minimum atomic E-state index is -4.19. The molecule has 0 aromatic heterocycles. The first kappa shape index (κ1) is 34.1. The van der Waals surface area contributed by atoms with Gasteiger partial charge in [0, 0.05) is 31.2 Å². The van der Waals surface area contributed by atoms with Gasteiger partial charge in [-0.05, 0) is 51.9 Å². The molecule has 4 rings (SSSR count). The first-order valence-electron chi connectivity index (χ1n) is 14.3. The van der Waals surface area contributed by atoms with Gasteiger partial charge in [0.25, 0.3) is 0 Å². The number of hydrogen-bond acceptors (Lipinski definition) is 9. The second-order valence-electron chi connectivity index (χ2n) is 12.3. The molecule has 2 N–H and O–H groups in total. The third-order valence-electron chi connectivity index (χ3n) is 7.55. The molecule has 2 heterocycles. The van der Waals surface area contributed by atoms with Crippen LogP contribution in [0.15, 0.2) is 59.8 Å². The van der Waals surface area contributed by atoms with E-state index in [2.05, 4.69) is 5.32 Å². The van der Waals surface area contributed by atoms with E-state index in [1.165, 1.54) is 0 Å². The van der Waals surface area contributed by atoms with Crippen LogP contribution in [0.2, 0.25) is 10.0 Å². The number of halogens is 2. The van der Waals surface area contributed by atoms with E-state index in [4.69, 9.17) is 32.7 Å². The van der Waals surface area contributed by atoms with Crippen LogP contribution in [-0.4, -0.2) is 91.0 Å². The summed E-state index contributed by atoms with van der Waals surface area (Å²) in [5, 5.41) is 13.5. The highest BCUT2D eigenvalue weighted by molar-refractivity contribution is 7.92. The third kappa shape index (κ3) is 7.69. The van der Waals surface area contributed by atoms with Gasteiger partial charge in [0.2, 0.25) is 0 Å². The molecular weight excluding hydrogens is 629 g/mol. The Morgan fingerprint density at radius 1 is 1.14 bits per heavy atom. The van der Waals surface area contributed by atoms with Crippen LogP contribution in [0.1, 0.15) is 44.7 Å². The number of amides is 1. The molecule has 2 aromatic rings. The average Bonchev–Trinajstić information content (AvgIpc) is 3.01. The van der Waals surface area contributed by atoms with E-state index in [1.807, 2.05) is 42.3 Å². The summed E-state index contributed by atoms with van der Waals surface area (Å²) in [6.07, 6.45) is -0.771. The summed E-state index contributed by atoms with van der Waals surface area (Å²) in [5.74, 6) is -2.50. The number of sulfone groups is 1. The van der Waals surface area contributed by atoms with Crippen LogP contribution in [0.5, 0.6) is 0 Å². The van der Waals surface area contributed by atoms with Crippen LogP contribution < -0.4 is 5.32 Å². The van der Waals surface area contributed by atoms with E-state index >= 15 is 0 Å². The summed E-state index contributed by atoms with van der Waals surface area (Å²) in [4.78, 5) is 29.9. The summed E-state index contributed by atoms with van der Waals surface area (Å²) in [7, 11) is -2.29. The topological polar surface area (TPSA) is 125 Å². The maximum absolute atomic E-state index is 14.0. The molecule has 13 heteroatoms. The molecule has 3 unspecified atom stereocenters. The molecule has 0 saturated carbocycles. The first-order chi connectivity index (χ1) is 20.5. The number of fused-ring (bicyclic) bond motifs is 1. The van der Waals surface area contributed by atoms with Crippen LogP contribution >= 0.6 is 23.2 Å². The maximum Gasteiger partial charge on any atom is 0.410 e. The molecule has 3 atom stereocenters. The molecule has 0 radical (unpaired) electrons. The van der Waals surface area contributed by atoms with Crippen molar-refractivity contribution in [2.24, 2.45) is 0 Å². The van der Waals surface area contributed by atoms with Gasteiger partial charge in [-0.25, -0.2) is 18.0 Å². The molecule has 0 aliphatic carbocycles. The van der Waals surface area contributed by atoms with E-state index < -0.39 is 56.7 Å². The Morgan fingerprint density at radius 3 is 2.48 bits per heavy atom. The molecule has 1 saturated heterocycles. The van der Waals surface area contributed by atoms with Crippen molar-refractivity contribution in [3.8, 4) is 0 Å². The van der Waals surface area contributed by atoms with Crippen molar-refractivity contribution >= 4 is 45.1 Å². The van der Waals surface area contributed by atoms with Gasteiger partial charge in [-0.3, -0.25) is 4.90 Å². The van der Waals surface area contributed by atoms with E-state index in [1.54, 1.807) is 45.9 Å². The van der Waals surface area contributed by atoms with Gasteiger partial charge in [-0.2, -0.15) is 0 Å². The number of benzene rings is 2. The predicted molar refractivity (Wildman–Crippen MR) is 169 cm³/mol. The van der Waals surface area contributed by atoms with Crippen molar-refractivity contribution in [1.82, 2.24) is 15.1 Å². The molecule has 2 aliphatic heterocycles. The van der Waals surface area contributed by atoms with Crippen LogP contribution in [0, 0.1) is 0 Å². The van der Waals surface area contributed by atoms with E-state index in [9.17, 15) is 23.1 Å². The smallest absolute Gasteiger partial charge is 0.410 e. The number of ether oxygens (including phenoxy) is 2. The monoisotopic (exact) mass is 667 g/mol. The lowest BCUT2D eigenvalue weighted by Crippen LogP contribution is -2.66. The highest BCUT2D eigenvalue weighted by Gasteiger charge is 2.58. The SMILES string of the molecule is CC1=C(C(=O)OCCN(C)Cc2ccccc2)C(c2cccc(Cl)c2Cl)C2C(O)(CN(C(=O)OC(C)(C)C)CCS2(=O)=O)N1. The number of likely N-dealkylation sites (N-methyl/N-ethyl adjacent to an activating group) is 1. The lowest BCUT2D eigenvalue weighted by atomic mass is 9.79. The number of rotatable bonds is 7. The number of β-amino-alcohol motifs (C(OH)–C–C–N with tert-alkyl or cyclic N) is 1. The fraction of sp³-hybridized carbons (Fsp3) is 0.484. The molecule has 10 nitrogen and oxygen atoms in total. The average molecular weight is 669 g/mol. The van der Waals surface area contributed by atoms with Gasteiger partial charge in [0.05, 0.1) is 27.9 Å². The van der Waals surface area contributed by atoms with Crippen LogP contribution in [-0.2, 0) is 30.7 Å². The van der Waals surface area contributed by atoms with Gasteiger partial charge in [0.15, 0.2) is 15.6 Å². The molecule has 44 heavy (non-hydrogen) atoms. The van der Waals surface area contributed by atoms with Crippen molar-refractivity contribution in [1.29, 1.82) is 0 Å². The second-order valence-corrected chi connectivity index (χ2v) is 15.3. The number of nitrogens with one attached hydrogen (secondary N) is 1. The Balaban J connectivity index is 1.69. The predicted octanol–water partition coefficient (Wildman–Crippen LogP) is 4.35. The van der Waals surface area contributed by atoms with Gasteiger partial charge in [-0.1, -0.05) is 65.7 Å². The van der Waals surface area contributed by atoms with E-state index in [0.717, 1.165) is 10.5 Å². The van der Waals surface area contributed by atoms with Crippen molar-refractivity contribution in [3.63, 3.8) is 0 Å². The zero-order valence-electron chi connectivity index (χ0n) is 25.5. The number of esters is 1. The summed E-state index contributed by atoms with van der Waals surface area (Å²) in [6.45, 7) is 7.07. The minimum Gasteiger partial charge on any atom is -0.461 e. The molecule has 1 amide bonds. The van der Waals surface area contributed by atoms with Gasteiger partial charge in [-0.15, -0.1) is 0 Å². The highest BCUT2D eigenvalue weighted by Crippen LogP contribution is 2.46. The van der Waals surface area contributed by atoms with Crippen molar-refractivity contribution in [2.45, 2.75) is 56.7 Å². The van der Waals surface area contributed by atoms with Gasteiger partial charge >= 0.3 is 12.1 Å². The van der Waals surface area contributed by atoms with Crippen LogP contribution in [0.3, 0.4) is 0 Å². The number of hydrogen-bond donors (Lipinski definition) is 2. The molecular formula is C31H39Cl2N3O7S. The molecule has 1 fully saturated rings. The fourth-order valence-electron chi connectivity index (χ4n) is 5.68. The Morgan fingerprint density at radius 2 is 1.82 bits per heavy atom. The Kier molecular flexibility index (Phi) is 10.3. The number of carbonyl (C=O) groups is 2. The number of aliphatic hydroxyl groups is 1. The minimum absolute atomic E-state index is 0.00356. The maximum atomic E-state index is 14.0. The first-order valence-corrected chi connectivity index (χ1v) is 16.7. The quantitative estimate of drug-likeness (QED) is 0.415. The standard InChI is InChI=1S/C31H39Cl2N3O7S/c1-20-24(28(37)42-16-14-35(5)18-21-10-7-6-8-11-21)25(22-12-9-13-23(32)26(22)33)27-31(39,34-20)19-36(15-17-44(27,40)41)29(38)43-30(2,3)4/h6-13,25,27,34,39H,14-19H2,1-5H3. The van der Waals surface area contributed by atoms with E-state index in [0.29, 0.717) is 13.1 Å². The Bertz CT molecular complexity index is 1530. The number of nitrogens with zero attached hydrogens (tertiary/aromatic N) is 2. The third-order valence-corrected chi connectivity index (χ3v) is 10.6. The highest BCUT2D eigenvalue weighted by atomic mass is 35.5. The lowest BCUT2D eigenvalue weighted by molar-refractivity contribution is -0.140. The summed E-state index contributed by atoms with van der Waals surface area (Å²) in [6, 6.07) is 14.6. The molecule has 0 spiro atoms. The molecule has 240 valence electrons. The zero-order valence-corrected chi connectivity index (χ0v) is 27.8.